The van der Waals surface area contributed by atoms with Crippen LogP contribution in [0.4, 0.5) is 0 Å². The standard InChI is InChI=1S/C15H22ClN5OS.HI/c1-10(2)14-19-13(22-20-14)7-8-18-15(17-3)21(4)9-11-5-6-12(16)23-11;/h5-6,10H,7-9H2,1-4H3,(H,17,18);1H. The molecular formula is C15H23ClIN5OS. The average Bonchev–Trinajstić information content (AvgIpc) is 3.13. The van der Waals surface area contributed by atoms with Crippen molar-refractivity contribution in [2.75, 3.05) is 20.6 Å². The van der Waals surface area contributed by atoms with E-state index in [1.54, 1.807) is 18.4 Å². The molecule has 0 aliphatic heterocycles. The summed E-state index contributed by atoms with van der Waals surface area (Å²) >= 11 is 7.54. The highest BCUT2D eigenvalue weighted by Gasteiger charge is 2.11. The number of rotatable bonds is 6. The number of guanidine groups is 1. The predicted octanol–water partition coefficient (Wildman–Crippen LogP) is 3.78. The molecule has 24 heavy (non-hydrogen) atoms. The summed E-state index contributed by atoms with van der Waals surface area (Å²) in [4.78, 5) is 11.9. The molecule has 2 rings (SSSR count). The number of nitrogens with zero attached hydrogens (tertiary/aromatic N) is 4. The normalized spacial score (nSPS) is 11.5. The third kappa shape index (κ3) is 6.21. The second-order valence-corrected chi connectivity index (χ2v) is 7.29. The highest BCUT2D eigenvalue weighted by atomic mass is 127. The van der Waals surface area contributed by atoms with Crippen molar-refractivity contribution in [3.8, 4) is 0 Å². The quantitative estimate of drug-likeness (QED) is 0.385. The molecule has 0 aromatic carbocycles. The van der Waals surface area contributed by atoms with Crippen LogP contribution >= 0.6 is 46.9 Å². The van der Waals surface area contributed by atoms with Gasteiger partial charge < -0.3 is 14.7 Å². The molecule has 0 saturated carbocycles. The van der Waals surface area contributed by atoms with E-state index in [9.17, 15) is 0 Å². The Hall–Kier alpha value is -0.870. The van der Waals surface area contributed by atoms with Gasteiger partial charge in [-0.2, -0.15) is 4.98 Å². The van der Waals surface area contributed by atoms with E-state index in [0.29, 0.717) is 18.9 Å². The highest BCUT2D eigenvalue weighted by molar-refractivity contribution is 14.0. The molecule has 9 heteroatoms. The Bertz CT molecular complexity index is 658. The molecule has 134 valence electrons. The van der Waals surface area contributed by atoms with Crippen LogP contribution in [-0.4, -0.2) is 41.6 Å². The van der Waals surface area contributed by atoms with Crippen molar-refractivity contribution in [1.29, 1.82) is 0 Å². The van der Waals surface area contributed by atoms with Gasteiger partial charge in [0, 0.05) is 37.9 Å². The van der Waals surface area contributed by atoms with E-state index >= 15 is 0 Å². The first kappa shape index (κ1) is 21.2. The summed E-state index contributed by atoms with van der Waals surface area (Å²) < 4.78 is 6.03. The van der Waals surface area contributed by atoms with Gasteiger partial charge in [0.2, 0.25) is 5.89 Å². The van der Waals surface area contributed by atoms with E-state index in [2.05, 4.69) is 25.3 Å². The summed E-state index contributed by atoms with van der Waals surface area (Å²) in [5.41, 5.74) is 0. The topological polar surface area (TPSA) is 66.5 Å². The van der Waals surface area contributed by atoms with Crippen molar-refractivity contribution in [3.63, 3.8) is 0 Å². The number of aromatic nitrogens is 2. The summed E-state index contributed by atoms with van der Waals surface area (Å²) in [6.07, 6.45) is 0.664. The van der Waals surface area contributed by atoms with Crippen LogP contribution in [0.1, 0.15) is 36.4 Å². The molecule has 1 N–H and O–H groups in total. The van der Waals surface area contributed by atoms with Gasteiger partial charge in [0.15, 0.2) is 11.8 Å². The Morgan fingerprint density at radius 3 is 2.75 bits per heavy atom. The van der Waals surface area contributed by atoms with Gasteiger partial charge in [-0.3, -0.25) is 4.99 Å². The molecule has 6 nitrogen and oxygen atoms in total. The van der Waals surface area contributed by atoms with Gasteiger partial charge in [0.05, 0.1) is 10.9 Å². The van der Waals surface area contributed by atoms with Crippen molar-refractivity contribution in [2.24, 2.45) is 4.99 Å². The summed E-state index contributed by atoms with van der Waals surface area (Å²) in [6, 6.07) is 3.94. The van der Waals surface area contributed by atoms with Gasteiger partial charge in [-0.1, -0.05) is 30.6 Å². The lowest BCUT2D eigenvalue weighted by Gasteiger charge is -2.21. The van der Waals surface area contributed by atoms with Gasteiger partial charge >= 0.3 is 0 Å². The fraction of sp³-hybridized carbons (Fsp3) is 0.533. The smallest absolute Gasteiger partial charge is 0.228 e. The summed E-state index contributed by atoms with van der Waals surface area (Å²) in [7, 11) is 3.76. The molecule has 2 aromatic heterocycles. The van der Waals surface area contributed by atoms with E-state index in [4.69, 9.17) is 16.1 Å². The summed E-state index contributed by atoms with van der Waals surface area (Å²) in [6.45, 7) is 5.53. The van der Waals surface area contributed by atoms with Crippen molar-refractivity contribution in [1.82, 2.24) is 20.4 Å². The maximum absolute atomic E-state index is 5.96. The molecule has 0 aliphatic carbocycles. The molecule has 0 aliphatic rings. The van der Waals surface area contributed by atoms with Crippen LogP contribution in [0, 0.1) is 0 Å². The molecule has 0 spiro atoms. The second-order valence-electron chi connectivity index (χ2n) is 5.49. The fourth-order valence-corrected chi connectivity index (χ4v) is 3.16. The minimum atomic E-state index is 0. The van der Waals surface area contributed by atoms with E-state index in [0.717, 1.165) is 22.7 Å². The van der Waals surface area contributed by atoms with Gasteiger partial charge in [-0.25, -0.2) is 0 Å². The molecule has 0 amide bonds. The maximum atomic E-state index is 5.96. The number of aliphatic imine (C=N–C) groups is 1. The summed E-state index contributed by atoms with van der Waals surface area (Å²) in [5, 5.41) is 7.26. The Morgan fingerprint density at radius 2 is 2.21 bits per heavy atom. The van der Waals surface area contributed by atoms with Crippen LogP contribution in [0.15, 0.2) is 21.6 Å². The predicted molar refractivity (Wildman–Crippen MR) is 110 cm³/mol. The minimum Gasteiger partial charge on any atom is -0.356 e. The molecule has 0 saturated heterocycles. The van der Waals surface area contributed by atoms with Crippen molar-refractivity contribution in [2.45, 2.75) is 32.7 Å². The molecule has 0 bridgehead atoms. The first-order valence-corrected chi connectivity index (χ1v) is 8.67. The first-order chi connectivity index (χ1) is 11.0. The minimum absolute atomic E-state index is 0. The lowest BCUT2D eigenvalue weighted by atomic mass is 10.2. The molecular weight excluding hydrogens is 461 g/mol. The Labute approximate surface area is 168 Å². The zero-order chi connectivity index (χ0) is 16.8. The van der Waals surface area contributed by atoms with Gasteiger partial charge in [0.25, 0.3) is 0 Å². The average molecular weight is 484 g/mol. The number of hydrogen-bond acceptors (Lipinski definition) is 5. The number of nitrogens with one attached hydrogen (secondary N) is 1. The largest absolute Gasteiger partial charge is 0.356 e. The zero-order valence-corrected chi connectivity index (χ0v) is 18.1. The zero-order valence-electron chi connectivity index (χ0n) is 14.2. The van der Waals surface area contributed by atoms with Crippen LogP contribution in [0.25, 0.3) is 0 Å². The van der Waals surface area contributed by atoms with E-state index < -0.39 is 0 Å². The molecule has 2 heterocycles. The number of hydrogen-bond donors (Lipinski definition) is 1. The molecule has 0 fully saturated rings. The number of halogens is 2. The Kier molecular flexibility index (Phi) is 8.99. The fourth-order valence-electron chi connectivity index (χ4n) is 2.02. The van der Waals surface area contributed by atoms with Crippen LogP contribution in [0.5, 0.6) is 0 Å². The molecule has 2 aromatic rings. The van der Waals surface area contributed by atoms with Gasteiger partial charge in [-0.15, -0.1) is 35.3 Å². The van der Waals surface area contributed by atoms with Gasteiger partial charge in [0.1, 0.15) is 0 Å². The Balaban J connectivity index is 0.00000288. The van der Waals surface area contributed by atoms with Crippen LogP contribution in [-0.2, 0) is 13.0 Å². The van der Waals surface area contributed by atoms with Gasteiger partial charge in [-0.05, 0) is 12.1 Å². The van der Waals surface area contributed by atoms with Crippen molar-refractivity contribution in [3.05, 3.63) is 33.1 Å². The SMILES string of the molecule is CN=C(NCCc1nc(C(C)C)no1)N(C)Cc1ccc(Cl)s1.I. The van der Waals surface area contributed by atoms with Crippen LogP contribution in [0.3, 0.4) is 0 Å². The molecule has 0 unspecified atom stereocenters. The monoisotopic (exact) mass is 483 g/mol. The van der Waals surface area contributed by atoms with E-state index in [-0.39, 0.29) is 29.9 Å². The van der Waals surface area contributed by atoms with Crippen LogP contribution < -0.4 is 5.32 Å². The third-order valence-electron chi connectivity index (χ3n) is 3.22. The Morgan fingerprint density at radius 1 is 1.46 bits per heavy atom. The lowest BCUT2D eigenvalue weighted by molar-refractivity contribution is 0.370. The van der Waals surface area contributed by atoms with E-state index in [1.807, 2.05) is 33.0 Å². The maximum Gasteiger partial charge on any atom is 0.228 e. The van der Waals surface area contributed by atoms with Crippen molar-refractivity contribution >= 4 is 52.9 Å². The number of thiophene rings is 1. The van der Waals surface area contributed by atoms with Crippen LogP contribution in [0.2, 0.25) is 4.34 Å². The molecule has 0 radical (unpaired) electrons. The van der Waals surface area contributed by atoms with Crippen molar-refractivity contribution < 1.29 is 4.52 Å². The van der Waals surface area contributed by atoms with E-state index in [1.165, 1.54) is 4.88 Å². The lowest BCUT2D eigenvalue weighted by Crippen LogP contribution is -2.39. The second kappa shape index (κ2) is 10.2. The highest BCUT2D eigenvalue weighted by Crippen LogP contribution is 2.22. The molecule has 0 atom stereocenters. The summed E-state index contributed by atoms with van der Waals surface area (Å²) in [5.74, 6) is 2.48. The third-order valence-corrected chi connectivity index (χ3v) is 4.43. The first-order valence-electron chi connectivity index (χ1n) is 7.48.